The van der Waals surface area contributed by atoms with Crippen LogP contribution in [0.3, 0.4) is 0 Å². The van der Waals surface area contributed by atoms with Crippen LogP contribution in [0.4, 0.5) is 0 Å². The Morgan fingerprint density at radius 2 is 1.52 bits per heavy atom. The van der Waals surface area contributed by atoms with Crippen molar-refractivity contribution in [3.63, 3.8) is 0 Å². The molecule has 50 heavy (non-hydrogen) atoms. The van der Waals surface area contributed by atoms with E-state index in [0.29, 0.717) is 5.56 Å². The molecule has 0 bridgehead atoms. The summed E-state index contributed by atoms with van der Waals surface area (Å²) in [5.74, 6) is -1.98. The van der Waals surface area contributed by atoms with Crippen LogP contribution in [0, 0.1) is 0 Å². The van der Waals surface area contributed by atoms with E-state index in [1.165, 1.54) is 30.5 Å². The van der Waals surface area contributed by atoms with Gasteiger partial charge < -0.3 is 87.4 Å². The average molecular weight is 718 g/mol. The number of hydrogen-bond donors (Lipinski definition) is 13. The third kappa shape index (κ3) is 9.17. The summed E-state index contributed by atoms with van der Waals surface area (Å²) in [7, 11) is 0. The molecule has 1 aromatic rings. The molecule has 20 heteroatoms. The van der Waals surface area contributed by atoms with Crippen LogP contribution in [0.25, 0.3) is 0 Å². The molecule has 4 rings (SSSR count). The Morgan fingerprint density at radius 1 is 0.900 bits per heavy atom. The molecule has 1 aromatic carbocycles. The Labute approximate surface area is 286 Å². The van der Waals surface area contributed by atoms with Gasteiger partial charge in [0.1, 0.15) is 67.1 Å². The van der Waals surface area contributed by atoms with Gasteiger partial charge in [-0.2, -0.15) is 0 Å². The normalized spacial score (nSPS) is 40.0. The Balaban J connectivity index is 1.47. The van der Waals surface area contributed by atoms with Crippen molar-refractivity contribution in [1.82, 2.24) is 5.32 Å². The molecule has 2 saturated heterocycles. The van der Waals surface area contributed by atoms with E-state index in [-0.39, 0.29) is 31.5 Å². The van der Waals surface area contributed by atoms with Gasteiger partial charge in [-0.05, 0) is 24.1 Å². The second kappa shape index (κ2) is 17.6. The highest BCUT2D eigenvalue weighted by Crippen LogP contribution is 2.32. The summed E-state index contributed by atoms with van der Waals surface area (Å²) in [4.78, 5) is 28.3. The van der Waals surface area contributed by atoms with Crippen LogP contribution >= 0.6 is 0 Å². The number of aromatic carboxylic acids is 1. The third-order valence-corrected chi connectivity index (χ3v) is 9.00. The van der Waals surface area contributed by atoms with Crippen LogP contribution in [0.15, 0.2) is 29.3 Å². The van der Waals surface area contributed by atoms with E-state index in [1.807, 2.05) is 0 Å². The van der Waals surface area contributed by atoms with Crippen molar-refractivity contribution < 1.29 is 74.5 Å². The maximum absolute atomic E-state index is 13.1. The molecule has 3 fully saturated rings. The number of benzene rings is 1. The molecular weight excluding hydrogens is 670 g/mol. The highest BCUT2D eigenvalue weighted by molar-refractivity contribution is 5.89. The van der Waals surface area contributed by atoms with Crippen molar-refractivity contribution in [1.29, 1.82) is 0 Å². The summed E-state index contributed by atoms with van der Waals surface area (Å²) in [6.07, 6.45) is -19.1. The van der Waals surface area contributed by atoms with Crippen molar-refractivity contribution in [2.24, 2.45) is 22.2 Å². The molecule has 282 valence electrons. The van der Waals surface area contributed by atoms with Gasteiger partial charge in [-0.3, -0.25) is 9.79 Å². The van der Waals surface area contributed by atoms with Crippen LogP contribution in [-0.4, -0.2) is 182 Å². The molecule has 0 spiro atoms. The number of aliphatic imine (C=N–C) groups is 1. The number of aliphatic hydroxyl groups excluding tert-OH is 8. The van der Waals surface area contributed by atoms with E-state index < -0.39 is 116 Å². The summed E-state index contributed by atoms with van der Waals surface area (Å²) in [5.41, 5.74) is 18.5. The van der Waals surface area contributed by atoms with Crippen molar-refractivity contribution in [3.8, 4) is 0 Å². The molecule has 2 aliphatic heterocycles. The van der Waals surface area contributed by atoms with Crippen molar-refractivity contribution in [2.45, 2.75) is 111 Å². The number of carbonyl (C=O) groups is 2. The van der Waals surface area contributed by atoms with Crippen molar-refractivity contribution in [3.05, 3.63) is 35.4 Å². The number of carboxylic acids is 1. The Kier molecular flexibility index (Phi) is 14.1. The molecule has 1 saturated carbocycles. The molecule has 1 aliphatic carbocycles. The van der Waals surface area contributed by atoms with Crippen LogP contribution in [0.2, 0.25) is 0 Å². The summed E-state index contributed by atoms with van der Waals surface area (Å²) >= 11 is 0. The number of aliphatic hydroxyl groups is 8. The lowest BCUT2D eigenvalue weighted by Crippen LogP contribution is -2.69. The molecule has 16 N–H and O–H groups in total. The molecule has 2 heterocycles. The number of carboxylic acid groups (broad SMARTS) is 1. The molecular formula is C30H47N5O15. The average Bonchev–Trinajstić information content (AvgIpc) is 3.09. The first-order chi connectivity index (χ1) is 23.7. The van der Waals surface area contributed by atoms with Gasteiger partial charge in [-0.1, -0.05) is 12.1 Å². The minimum atomic E-state index is -1.79. The zero-order valence-corrected chi connectivity index (χ0v) is 26.8. The number of ether oxygens (including phenoxy) is 4. The minimum Gasteiger partial charge on any atom is -0.478 e. The Morgan fingerprint density at radius 3 is 2.14 bits per heavy atom. The highest BCUT2D eigenvalue weighted by atomic mass is 16.7. The topological polar surface area (TPSA) is 356 Å². The van der Waals surface area contributed by atoms with Gasteiger partial charge in [-0.15, -0.1) is 0 Å². The molecule has 20 nitrogen and oxygen atoms in total. The van der Waals surface area contributed by atoms with Crippen LogP contribution in [0.5, 0.6) is 0 Å². The second-order valence-electron chi connectivity index (χ2n) is 12.5. The predicted molar refractivity (Wildman–Crippen MR) is 168 cm³/mol. The van der Waals surface area contributed by atoms with E-state index in [9.17, 15) is 50.4 Å². The number of nitrogens with two attached hydrogens (primary N) is 3. The fourth-order valence-electron chi connectivity index (χ4n) is 5.99. The summed E-state index contributed by atoms with van der Waals surface area (Å²) in [6, 6.07) is 2.25. The van der Waals surface area contributed by atoms with Crippen molar-refractivity contribution >= 4 is 18.1 Å². The maximum Gasteiger partial charge on any atom is 0.335 e. The second-order valence-corrected chi connectivity index (χ2v) is 12.5. The number of hydrogen-bond acceptors (Lipinski definition) is 18. The molecule has 0 unspecified atom stereocenters. The SMILES string of the molecule is NC[C@H]1O[C@H](O[C@H]2[C@H](O)[C@@H](O[C@H]3O[C@H](CO)[C@@H](O)[C@H](N)[C@H]3O)[C@H](NC(=O)[C@@H](O)CCN=Cc3ccc(C(=O)O)cc3)C[C@@H]2N)[C@H](O)[C@@H](O)[C@@H]1O. The first-order valence-corrected chi connectivity index (χ1v) is 16.0. The Bertz CT molecular complexity index is 1290. The maximum atomic E-state index is 13.1. The van der Waals surface area contributed by atoms with Crippen LogP contribution in [0.1, 0.15) is 28.8 Å². The van der Waals surface area contributed by atoms with E-state index >= 15 is 0 Å². The molecule has 1 amide bonds. The summed E-state index contributed by atoms with van der Waals surface area (Å²) < 4.78 is 22.7. The van der Waals surface area contributed by atoms with Gasteiger partial charge in [0.2, 0.25) is 5.91 Å². The zero-order valence-electron chi connectivity index (χ0n) is 26.8. The van der Waals surface area contributed by atoms with E-state index in [0.717, 1.165) is 0 Å². The number of nitrogens with one attached hydrogen (secondary N) is 1. The van der Waals surface area contributed by atoms with Gasteiger partial charge in [0.25, 0.3) is 0 Å². The lowest BCUT2D eigenvalue weighted by Gasteiger charge is -2.49. The lowest BCUT2D eigenvalue weighted by molar-refractivity contribution is -0.332. The van der Waals surface area contributed by atoms with Gasteiger partial charge in [-0.25, -0.2) is 4.79 Å². The van der Waals surface area contributed by atoms with E-state index in [2.05, 4.69) is 10.3 Å². The number of carbonyl (C=O) groups excluding carboxylic acids is 1. The van der Waals surface area contributed by atoms with Gasteiger partial charge >= 0.3 is 5.97 Å². The Hall–Kier alpha value is -2.77. The third-order valence-electron chi connectivity index (χ3n) is 9.00. The van der Waals surface area contributed by atoms with E-state index in [4.69, 9.17) is 41.3 Å². The molecule has 16 atom stereocenters. The fraction of sp³-hybridized carbons (Fsp3) is 0.700. The van der Waals surface area contributed by atoms with Gasteiger partial charge in [0.15, 0.2) is 12.6 Å². The smallest absolute Gasteiger partial charge is 0.335 e. The standard InChI is InChI=1S/C30H47N5O15/c31-8-16-20(39)22(41)23(42)30(47-16)49-25-13(32)7-14(26(24(25)43)50-29-21(40)18(33)19(38)17(10-36)48-29)35-27(44)15(37)5-6-34-9-11-1-3-12(4-2-11)28(45)46/h1-4,9,13-26,29-30,36-43H,5-8,10,31-33H2,(H,35,44)(H,45,46)/t13-,14+,15-,16+,17+,18-,19+,20+,21+,22-,23+,24-,25+,26-,29+,30+/m0/s1. The first kappa shape index (κ1) is 40.0. The minimum absolute atomic E-state index is 0.00313. The van der Waals surface area contributed by atoms with Gasteiger partial charge in [0, 0.05) is 31.8 Å². The quantitative estimate of drug-likeness (QED) is 0.0843. The van der Waals surface area contributed by atoms with Crippen LogP contribution in [-0.2, 0) is 23.7 Å². The molecule has 0 radical (unpaired) electrons. The fourth-order valence-corrected chi connectivity index (χ4v) is 5.99. The van der Waals surface area contributed by atoms with E-state index in [1.54, 1.807) is 0 Å². The first-order valence-electron chi connectivity index (χ1n) is 16.0. The molecule has 0 aromatic heterocycles. The zero-order chi connectivity index (χ0) is 36.9. The highest BCUT2D eigenvalue weighted by Gasteiger charge is 2.52. The van der Waals surface area contributed by atoms with Crippen LogP contribution < -0.4 is 22.5 Å². The number of amides is 1. The lowest BCUT2D eigenvalue weighted by atomic mass is 9.83. The predicted octanol–water partition coefficient (Wildman–Crippen LogP) is -6.57. The largest absolute Gasteiger partial charge is 0.478 e. The summed E-state index contributed by atoms with van der Waals surface area (Å²) in [6.45, 7) is -0.968. The summed E-state index contributed by atoms with van der Waals surface area (Å²) in [5, 5.41) is 95.3. The number of nitrogens with zero attached hydrogens (tertiary/aromatic N) is 1. The molecule has 3 aliphatic rings. The van der Waals surface area contributed by atoms with Crippen molar-refractivity contribution in [2.75, 3.05) is 19.7 Å². The van der Waals surface area contributed by atoms with Gasteiger partial charge in [0.05, 0.1) is 24.3 Å². The number of rotatable bonds is 13. The monoisotopic (exact) mass is 717 g/mol.